The summed E-state index contributed by atoms with van der Waals surface area (Å²) in [5.74, 6) is 2.78. The molecule has 0 bridgehead atoms. The molecule has 0 spiro atoms. The van der Waals surface area contributed by atoms with Crippen LogP contribution in [0.1, 0.15) is 36.6 Å². The van der Waals surface area contributed by atoms with Crippen LogP contribution < -0.4 is 10.2 Å². The van der Waals surface area contributed by atoms with E-state index in [2.05, 4.69) is 35.4 Å². The maximum Gasteiger partial charge on any atom is 0.230 e. The fourth-order valence-electron chi connectivity index (χ4n) is 2.27. The van der Waals surface area contributed by atoms with Crippen molar-refractivity contribution in [2.24, 2.45) is 4.99 Å². The highest BCUT2D eigenvalue weighted by atomic mass is 32.2. The largest absolute Gasteiger partial charge is 0.438 e. The Balaban J connectivity index is 2.35. The summed E-state index contributed by atoms with van der Waals surface area (Å²) in [4.78, 5) is 8.88. The van der Waals surface area contributed by atoms with Crippen LogP contribution in [0.25, 0.3) is 0 Å². The fourth-order valence-corrected chi connectivity index (χ4v) is 2.54. The Labute approximate surface area is 153 Å². The Kier molecular flexibility index (Phi) is 7.28. The summed E-state index contributed by atoms with van der Waals surface area (Å²) in [6, 6.07) is 11.7. The van der Waals surface area contributed by atoms with Crippen molar-refractivity contribution >= 4 is 17.6 Å². The lowest BCUT2D eigenvalue weighted by Crippen LogP contribution is -2.22. The third kappa shape index (κ3) is 5.47. The lowest BCUT2D eigenvalue weighted by atomic mass is 10.0. The second-order valence-electron chi connectivity index (χ2n) is 5.97. The van der Waals surface area contributed by atoms with Crippen LogP contribution in [0.5, 0.6) is 11.6 Å². The number of hydroxylamine groups is 1. The van der Waals surface area contributed by atoms with Gasteiger partial charge in [-0.15, -0.1) is 0 Å². The SMILES string of the molecule is CSCCN=C(NO)c1ccc(C)nc1Oc1cccc(C(C)C)c1. The van der Waals surface area contributed by atoms with Crippen LogP contribution in [0.15, 0.2) is 41.4 Å². The van der Waals surface area contributed by atoms with Gasteiger partial charge in [0.25, 0.3) is 0 Å². The van der Waals surface area contributed by atoms with E-state index in [1.165, 1.54) is 5.56 Å². The summed E-state index contributed by atoms with van der Waals surface area (Å²) in [7, 11) is 0. The molecule has 5 nitrogen and oxygen atoms in total. The number of aliphatic imine (C=N–C) groups is 1. The number of nitrogens with one attached hydrogen (secondary N) is 1. The average molecular weight is 359 g/mol. The minimum absolute atomic E-state index is 0.358. The van der Waals surface area contributed by atoms with E-state index in [1.807, 2.05) is 43.5 Å². The second kappa shape index (κ2) is 9.44. The monoisotopic (exact) mass is 359 g/mol. The number of aryl methyl sites for hydroxylation is 1. The van der Waals surface area contributed by atoms with E-state index in [0.29, 0.717) is 35.5 Å². The predicted molar refractivity (Wildman–Crippen MR) is 104 cm³/mol. The number of hydrogen-bond acceptors (Lipinski definition) is 5. The topological polar surface area (TPSA) is 66.7 Å². The van der Waals surface area contributed by atoms with Crippen molar-refractivity contribution in [2.75, 3.05) is 18.6 Å². The molecule has 2 rings (SSSR count). The van der Waals surface area contributed by atoms with Gasteiger partial charge in [0.05, 0.1) is 12.1 Å². The molecule has 134 valence electrons. The number of thioether (sulfide) groups is 1. The van der Waals surface area contributed by atoms with Gasteiger partial charge in [-0.2, -0.15) is 11.8 Å². The molecule has 25 heavy (non-hydrogen) atoms. The maximum atomic E-state index is 9.48. The summed E-state index contributed by atoms with van der Waals surface area (Å²) in [6.45, 7) is 6.78. The Hall–Kier alpha value is -2.05. The number of amidine groups is 1. The minimum atomic E-state index is 0.358. The van der Waals surface area contributed by atoms with Gasteiger partial charge < -0.3 is 4.74 Å². The van der Waals surface area contributed by atoms with Gasteiger partial charge in [0.1, 0.15) is 5.75 Å². The van der Waals surface area contributed by atoms with Crippen molar-refractivity contribution in [3.63, 3.8) is 0 Å². The Bertz CT molecular complexity index is 732. The molecule has 1 aromatic carbocycles. The Morgan fingerprint density at radius 2 is 2.12 bits per heavy atom. The molecule has 2 aromatic rings. The van der Waals surface area contributed by atoms with Crippen molar-refractivity contribution in [1.29, 1.82) is 0 Å². The van der Waals surface area contributed by atoms with E-state index >= 15 is 0 Å². The molecule has 0 aliphatic rings. The zero-order valence-electron chi connectivity index (χ0n) is 15.1. The lowest BCUT2D eigenvalue weighted by Gasteiger charge is -2.13. The molecule has 1 heterocycles. The molecule has 6 heteroatoms. The van der Waals surface area contributed by atoms with Gasteiger partial charge in [0.2, 0.25) is 5.88 Å². The molecule has 0 unspecified atom stereocenters. The normalized spacial score (nSPS) is 11.7. The number of nitrogens with zero attached hydrogens (tertiary/aromatic N) is 2. The zero-order chi connectivity index (χ0) is 18.2. The average Bonchev–Trinajstić information content (AvgIpc) is 2.60. The van der Waals surface area contributed by atoms with E-state index in [9.17, 15) is 5.21 Å². The van der Waals surface area contributed by atoms with Gasteiger partial charge in [-0.25, -0.2) is 4.98 Å². The van der Waals surface area contributed by atoms with Crippen LogP contribution in [-0.4, -0.2) is 34.6 Å². The third-order valence-corrected chi connectivity index (χ3v) is 4.26. The standard InChI is InChI=1S/C19H25N3O2S/c1-13(2)15-6-5-7-16(12-15)24-19-17(9-8-14(3)21-19)18(22-23)20-10-11-25-4/h5-9,12-13,23H,10-11H2,1-4H3,(H,20,22). The van der Waals surface area contributed by atoms with E-state index in [4.69, 9.17) is 4.74 Å². The van der Waals surface area contributed by atoms with Crippen LogP contribution in [-0.2, 0) is 0 Å². The van der Waals surface area contributed by atoms with Crippen molar-refractivity contribution < 1.29 is 9.94 Å². The van der Waals surface area contributed by atoms with Crippen LogP contribution in [0.4, 0.5) is 0 Å². The van der Waals surface area contributed by atoms with Gasteiger partial charge in [0, 0.05) is 11.4 Å². The quantitative estimate of drug-likeness (QED) is 0.332. The summed E-state index contributed by atoms with van der Waals surface area (Å²) < 4.78 is 6.02. The van der Waals surface area contributed by atoms with Gasteiger partial charge in [-0.1, -0.05) is 26.0 Å². The van der Waals surface area contributed by atoms with E-state index in [-0.39, 0.29) is 0 Å². The predicted octanol–water partition coefficient (Wildman–Crippen LogP) is 4.39. The molecular formula is C19H25N3O2S. The highest BCUT2D eigenvalue weighted by molar-refractivity contribution is 7.98. The number of ether oxygens (including phenoxy) is 1. The first-order valence-corrected chi connectivity index (χ1v) is 9.64. The maximum absolute atomic E-state index is 9.48. The van der Waals surface area contributed by atoms with Gasteiger partial charge in [0.15, 0.2) is 5.84 Å². The molecule has 0 saturated carbocycles. The third-order valence-electron chi connectivity index (χ3n) is 3.67. The van der Waals surface area contributed by atoms with Crippen LogP contribution in [0, 0.1) is 6.92 Å². The van der Waals surface area contributed by atoms with Gasteiger partial charge >= 0.3 is 0 Å². The first-order chi connectivity index (χ1) is 12.0. The van der Waals surface area contributed by atoms with Crippen LogP contribution in [0.2, 0.25) is 0 Å². The van der Waals surface area contributed by atoms with E-state index < -0.39 is 0 Å². The molecule has 0 aliphatic heterocycles. The molecule has 2 N–H and O–H groups in total. The Morgan fingerprint density at radius 1 is 1.32 bits per heavy atom. The number of benzene rings is 1. The zero-order valence-corrected chi connectivity index (χ0v) is 15.9. The lowest BCUT2D eigenvalue weighted by molar-refractivity contribution is 0.234. The van der Waals surface area contributed by atoms with Crippen molar-refractivity contribution in [2.45, 2.75) is 26.7 Å². The molecule has 0 atom stereocenters. The highest BCUT2D eigenvalue weighted by Crippen LogP contribution is 2.27. The van der Waals surface area contributed by atoms with E-state index in [0.717, 1.165) is 11.4 Å². The molecule has 1 aromatic heterocycles. The molecule has 0 radical (unpaired) electrons. The molecule has 0 aliphatic carbocycles. The minimum Gasteiger partial charge on any atom is -0.438 e. The van der Waals surface area contributed by atoms with Crippen molar-refractivity contribution in [3.05, 3.63) is 53.2 Å². The molecule has 0 saturated heterocycles. The van der Waals surface area contributed by atoms with Crippen molar-refractivity contribution in [3.8, 4) is 11.6 Å². The first-order valence-electron chi connectivity index (χ1n) is 8.24. The van der Waals surface area contributed by atoms with E-state index in [1.54, 1.807) is 11.8 Å². The smallest absolute Gasteiger partial charge is 0.230 e. The van der Waals surface area contributed by atoms with Gasteiger partial charge in [-0.3, -0.25) is 15.7 Å². The van der Waals surface area contributed by atoms with Crippen LogP contribution >= 0.6 is 11.8 Å². The first kappa shape index (κ1) is 19.3. The van der Waals surface area contributed by atoms with Crippen LogP contribution in [0.3, 0.4) is 0 Å². The summed E-state index contributed by atoms with van der Waals surface area (Å²) >= 11 is 1.70. The van der Waals surface area contributed by atoms with Crippen molar-refractivity contribution in [1.82, 2.24) is 10.5 Å². The second-order valence-corrected chi connectivity index (χ2v) is 6.96. The highest BCUT2D eigenvalue weighted by Gasteiger charge is 2.14. The molecule has 0 amide bonds. The molecule has 0 fully saturated rings. The summed E-state index contributed by atoms with van der Waals surface area (Å²) in [5.41, 5.74) is 4.83. The summed E-state index contributed by atoms with van der Waals surface area (Å²) in [5, 5.41) is 9.48. The number of hydrogen-bond donors (Lipinski definition) is 2. The number of rotatable bonds is 7. The summed E-state index contributed by atoms with van der Waals surface area (Å²) in [6.07, 6.45) is 2.02. The van der Waals surface area contributed by atoms with Gasteiger partial charge in [-0.05, 0) is 48.9 Å². The number of aromatic nitrogens is 1. The number of pyridine rings is 1. The molecular weight excluding hydrogens is 334 g/mol. The Morgan fingerprint density at radius 3 is 2.80 bits per heavy atom. The fraction of sp³-hybridized carbons (Fsp3) is 0.368.